The summed E-state index contributed by atoms with van der Waals surface area (Å²) < 4.78 is 6.91. The molecular weight excluding hydrogens is 406 g/mol. The fraction of sp³-hybridized carbons (Fsp3) is 0.300. The molecule has 0 spiro atoms. The maximum Gasteiger partial charge on any atom is 0.292 e. The van der Waals surface area contributed by atoms with Gasteiger partial charge in [0.2, 0.25) is 0 Å². The molecule has 1 fully saturated rings. The summed E-state index contributed by atoms with van der Waals surface area (Å²) in [7, 11) is 0. The van der Waals surface area contributed by atoms with Crippen LogP contribution >= 0.6 is 11.6 Å². The van der Waals surface area contributed by atoms with Gasteiger partial charge in [-0.2, -0.15) is 10.1 Å². The van der Waals surface area contributed by atoms with Crippen molar-refractivity contribution in [2.24, 2.45) is 4.99 Å². The Morgan fingerprint density at radius 3 is 2.93 bits per heavy atom. The van der Waals surface area contributed by atoms with Gasteiger partial charge in [0.15, 0.2) is 5.69 Å². The molecule has 0 aliphatic carbocycles. The zero-order valence-corrected chi connectivity index (χ0v) is 17.0. The van der Waals surface area contributed by atoms with Crippen molar-refractivity contribution in [3.05, 3.63) is 47.1 Å². The third-order valence-electron chi connectivity index (χ3n) is 5.03. The summed E-state index contributed by atoms with van der Waals surface area (Å²) >= 11 is 6.31. The molecule has 1 saturated heterocycles. The molecule has 30 heavy (non-hydrogen) atoms. The zero-order chi connectivity index (χ0) is 21.1. The number of aromatic nitrogens is 3. The minimum atomic E-state index is -0.465. The molecule has 0 atom stereocenters. The van der Waals surface area contributed by atoms with Gasteiger partial charge >= 0.3 is 0 Å². The van der Waals surface area contributed by atoms with E-state index in [4.69, 9.17) is 26.9 Å². The molecule has 0 radical (unpaired) electrons. The summed E-state index contributed by atoms with van der Waals surface area (Å²) in [4.78, 5) is 20.3. The van der Waals surface area contributed by atoms with Crippen molar-refractivity contribution in [2.45, 2.75) is 25.4 Å². The number of nitrogen functional groups attached to an aromatic ring is 1. The molecule has 2 aromatic heterocycles. The number of rotatable bonds is 6. The minimum Gasteiger partial charge on any atom is -0.431 e. The number of carbonyl (C=O) groups excluding carboxylic acids is 1. The van der Waals surface area contributed by atoms with Crippen LogP contribution in [0.5, 0.6) is 0 Å². The number of amides is 1. The first-order chi connectivity index (χ1) is 14.5. The van der Waals surface area contributed by atoms with Crippen molar-refractivity contribution in [3.8, 4) is 11.1 Å². The molecule has 4 rings (SSSR count). The molecule has 9 nitrogen and oxygen atoms in total. The summed E-state index contributed by atoms with van der Waals surface area (Å²) in [6.07, 6.45) is 5.26. The lowest BCUT2D eigenvalue weighted by Crippen LogP contribution is -2.29. The standard InChI is InChI=1S/C20H22ClN7O2/c1-23-9-17-14(10-28(27-17)13-4-6-24-7-5-13)12-2-3-15(21)16(8-12)25-19(29)18-11-30-20(22)26-18/h2-3,8,10-11,13,24H,1,4-7,9H2,(H2,22,26)(H,25,29). The number of carbonyl (C=O) groups is 1. The van der Waals surface area contributed by atoms with Crippen molar-refractivity contribution in [1.82, 2.24) is 20.1 Å². The molecule has 1 amide bonds. The molecule has 1 aromatic carbocycles. The smallest absolute Gasteiger partial charge is 0.292 e. The molecule has 156 valence electrons. The van der Waals surface area contributed by atoms with Crippen molar-refractivity contribution >= 4 is 35.9 Å². The minimum absolute atomic E-state index is 0.0734. The Balaban J connectivity index is 1.64. The van der Waals surface area contributed by atoms with Crippen molar-refractivity contribution < 1.29 is 9.21 Å². The second kappa shape index (κ2) is 8.68. The van der Waals surface area contributed by atoms with E-state index in [9.17, 15) is 4.79 Å². The largest absolute Gasteiger partial charge is 0.431 e. The van der Waals surface area contributed by atoms with Gasteiger partial charge in [0.25, 0.3) is 11.9 Å². The lowest BCUT2D eigenvalue weighted by atomic mass is 10.0. The van der Waals surface area contributed by atoms with E-state index in [0.29, 0.717) is 23.3 Å². The average molecular weight is 428 g/mol. The topological polar surface area (TPSA) is 123 Å². The number of aliphatic imine (C=N–C) groups is 1. The first-order valence-electron chi connectivity index (χ1n) is 9.58. The Kier molecular flexibility index (Phi) is 5.82. The average Bonchev–Trinajstić information content (AvgIpc) is 3.37. The van der Waals surface area contributed by atoms with E-state index in [2.05, 4.69) is 27.3 Å². The number of nitrogens with two attached hydrogens (primary N) is 1. The van der Waals surface area contributed by atoms with Crippen LogP contribution in [0.15, 0.2) is 40.1 Å². The Bertz CT molecular complexity index is 1070. The second-order valence-electron chi connectivity index (χ2n) is 7.05. The molecule has 1 aliphatic rings. The monoisotopic (exact) mass is 427 g/mol. The lowest BCUT2D eigenvalue weighted by Gasteiger charge is -2.22. The first kappa shape index (κ1) is 20.1. The van der Waals surface area contributed by atoms with Crippen molar-refractivity contribution in [3.63, 3.8) is 0 Å². The summed E-state index contributed by atoms with van der Waals surface area (Å²) in [6.45, 7) is 5.95. The Labute approximate surface area is 178 Å². The van der Waals surface area contributed by atoms with Crippen LogP contribution in [0.1, 0.15) is 35.1 Å². The third kappa shape index (κ3) is 4.22. The molecule has 3 heterocycles. The van der Waals surface area contributed by atoms with Crippen LogP contribution < -0.4 is 16.4 Å². The molecule has 10 heteroatoms. The van der Waals surface area contributed by atoms with Crippen molar-refractivity contribution in [1.29, 1.82) is 0 Å². The summed E-state index contributed by atoms with van der Waals surface area (Å²) in [5.41, 5.74) is 8.59. The highest BCUT2D eigenvalue weighted by atomic mass is 35.5. The Morgan fingerprint density at radius 1 is 1.43 bits per heavy atom. The summed E-state index contributed by atoms with van der Waals surface area (Å²) in [5, 5.41) is 11.3. The number of piperidine rings is 1. The van der Waals surface area contributed by atoms with Gasteiger partial charge in [0.05, 0.1) is 29.0 Å². The van der Waals surface area contributed by atoms with Crippen LogP contribution in [0.4, 0.5) is 11.7 Å². The fourth-order valence-corrected chi connectivity index (χ4v) is 3.68. The molecular formula is C20H22ClN7O2. The van der Waals surface area contributed by atoms with E-state index in [1.807, 2.05) is 16.9 Å². The number of benzene rings is 1. The maximum absolute atomic E-state index is 12.4. The summed E-state index contributed by atoms with van der Waals surface area (Å²) in [6, 6.07) is 5.69. The van der Waals surface area contributed by atoms with Crippen LogP contribution in [0.2, 0.25) is 5.02 Å². The number of oxazole rings is 1. The molecule has 4 N–H and O–H groups in total. The van der Waals surface area contributed by atoms with E-state index in [0.717, 1.165) is 42.8 Å². The highest BCUT2D eigenvalue weighted by Crippen LogP contribution is 2.32. The van der Waals surface area contributed by atoms with Gasteiger partial charge in [-0.1, -0.05) is 17.7 Å². The van der Waals surface area contributed by atoms with Crippen LogP contribution in [0.25, 0.3) is 11.1 Å². The van der Waals surface area contributed by atoms with Crippen molar-refractivity contribution in [2.75, 3.05) is 24.1 Å². The number of nitrogens with zero attached hydrogens (tertiary/aromatic N) is 4. The fourth-order valence-electron chi connectivity index (χ4n) is 3.52. The normalized spacial score (nSPS) is 14.6. The van der Waals surface area contributed by atoms with Gasteiger partial charge in [-0.25, -0.2) is 0 Å². The van der Waals surface area contributed by atoms with E-state index < -0.39 is 5.91 Å². The van der Waals surface area contributed by atoms with Gasteiger partial charge in [-0.05, 0) is 50.3 Å². The first-order valence-corrected chi connectivity index (χ1v) is 9.96. The summed E-state index contributed by atoms with van der Waals surface area (Å²) in [5.74, 6) is -0.465. The zero-order valence-electron chi connectivity index (χ0n) is 16.3. The number of hydrogen-bond acceptors (Lipinski definition) is 7. The van der Waals surface area contributed by atoms with Crippen LogP contribution in [-0.4, -0.2) is 40.5 Å². The number of halogens is 1. The lowest BCUT2D eigenvalue weighted by molar-refractivity contribution is 0.102. The molecule has 0 saturated carbocycles. The number of nitrogens with one attached hydrogen (secondary N) is 2. The second-order valence-corrected chi connectivity index (χ2v) is 7.46. The Hall–Kier alpha value is -3.17. The highest BCUT2D eigenvalue weighted by Gasteiger charge is 2.20. The predicted octanol–water partition coefficient (Wildman–Crippen LogP) is 3.15. The number of hydrogen-bond donors (Lipinski definition) is 3. The van der Waals surface area contributed by atoms with E-state index in [1.165, 1.54) is 6.26 Å². The van der Waals surface area contributed by atoms with Crippen LogP contribution in [-0.2, 0) is 6.54 Å². The molecule has 3 aromatic rings. The van der Waals surface area contributed by atoms with E-state index in [-0.39, 0.29) is 11.7 Å². The number of anilines is 2. The highest BCUT2D eigenvalue weighted by molar-refractivity contribution is 6.34. The molecule has 0 unspecified atom stereocenters. The molecule has 1 aliphatic heterocycles. The van der Waals surface area contributed by atoms with Gasteiger partial charge in [0.1, 0.15) is 6.26 Å². The third-order valence-corrected chi connectivity index (χ3v) is 5.36. The van der Waals surface area contributed by atoms with Gasteiger partial charge in [-0.15, -0.1) is 0 Å². The van der Waals surface area contributed by atoms with Gasteiger partial charge in [-0.3, -0.25) is 14.5 Å². The van der Waals surface area contributed by atoms with Crippen LogP contribution in [0.3, 0.4) is 0 Å². The Morgan fingerprint density at radius 2 is 2.23 bits per heavy atom. The van der Waals surface area contributed by atoms with E-state index >= 15 is 0 Å². The van der Waals surface area contributed by atoms with Gasteiger partial charge in [0, 0.05) is 11.8 Å². The van der Waals surface area contributed by atoms with Crippen LogP contribution in [0, 0.1) is 0 Å². The van der Waals surface area contributed by atoms with E-state index in [1.54, 1.807) is 12.1 Å². The quantitative estimate of drug-likeness (QED) is 0.519. The predicted molar refractivity (Wildman–Crippen MR) is 116 cm³/mol. The SMILES string of the molecule is C=NCc1nn(C2CCNCC2)cc1-c1ccc(Cl)c(NC(=O)c2coc(N)n2)c1. The molecule has 0 bridgehead atoms. The maximum atomic E-state index is 12.4. The van der Waals surface area contributed by atoms with Gasteiger partial charge < -0.3 is 20.8 Å².